The van der Waals surface area contributed by atoms with Gasteiger partial charge in [0.05, 0.1) is 11.8 Å². The zero-order valence-corrected chi connectivity index (χ0v) is 13.1. The molecule has 1 aromatic carbocycles. The number of nitrogens with zero attached hydrogens (tertiary/aromatic N) is 1. The summed E-state index contributed by atoms with van der Waals surface area (Å²) < 4.78 is 13.7. The van der Waals surface area contributed by atoms with Gasteiger partial charge in [-0.05, 0) is 49.7 Å². The van der Waals surface area contributed by atoms with Crippen LogP contribution in [0.25, 0.3) is 0 Å². The third-order valence-corrected chi connectivity index (χ3v) is 5.30. The van der Waals surface area contributed by atoms with E-state index in [9.17, 15) is 14.0 Å². The van der Waals surface area contributed by atoms with E-state index >= 15 is 0 Å². The van der Waals surface area contributed by atoms with Crippen LogP contribution in [0.5, 0.6) is 0 Å². The highest BCUT2D eigenvalue weighted by atomic mass is 19.1. The normalized spacial score (nSPS) is 25.0. The number of aliphatic carboxylic acids is 1. The number of carboxylic acids is 1. The molecule has 2 unspecified atom stereocenters. The Labute approximate surface area is 135 Å². The molecule has 0 bridgehead atoms. The molecule has 2 atom stereocenters. The first-order valence-corrected chi connectivity index (χ1v) is 8.31. The Bertz CT molecular complexity index is 596. The summed E-state index contributed by atoms with van der Waals surface area (Å²) in [5, 5.41) is 9.08. The quantitative estimate of drug-likeness (QED) is 0.928. The Kier molecular flexibility index (Phi) is 4.64. The molecule has 124 valence electrons. The van der Waals surface area contributed by atoms with Crippen LogP contribution in [-0.2, 0) is 16.0 Å². The van der Waals surface area contributed by atoms with Gasteiger partial charge in [0.15, 0.2) is 0 Å². The van der Waals surface area contributed by atoms with Gasteiger partial charge in [0.1, 0.15) is 5.82 Å². The fourth-order valence-electron chi connectivity index (χ4n) is 3.66. The number of benzene rings is 1. The largest absolute Gasteiger partial charge is 0.481 e. The van der Waals surface area contributed by atoms with Crippen LogP contribution < -0.4 is 0 Å². The van der Waals surface area contributed by atoms with Crippen molar-refractivity contribution >= 4 is 11.9 Å². The van der Waals surface area contributed by atoms with Crippen molar-refractivity contribution < 1.29 is 19.1 Å². The van der Waals surface area contributed by atoms with E-state index in [2.05, 4.69) is 0 Å². The highest BCUT2D eigenvalue weighted by molar-refractivity contribution is 5.86. The molecular weight excluding hydrogens is 297 g/mol. The smallest absolute Gasteiger partial charge is 0.307 e. The van der Waals surface area contributed by atoms with Crippen LogP contribution in [0.3, 0.4) is 0 Å². The first-order chi connectivity index (χ1) is 11.1. The third kappa shape index (κ3) is 3.38. The molecule has 1 N–H and O–H groups in total. The molecule has 1 saturated heterocycles. The monoisotopic (exact) mass is 319 g/mol. The van der Waals surface area contributed by atoms with Crippen LogP contribution in [0.4, 0.5) is 4.39 Å². The molecule has 23 heavy (non-hydrogen) atoms. The number of hydrogen-bond acceptors (Lipinski definition) is 2. The molecule has 1 heterocycles. The minimum atomic E-state index is -0.857. The van der Waals surface area contributed by atoms with Crippen molar-refractivity contribution in [3.63, 3.8) is 0 Å². The van der Waals surface area contributed by atoms with E-state index in [1.165, 1.54) is 6.07 Å². The molecule has 1 aromatic rings. The fraction of sp³-hybridized carbons (Fsp3) is 0.556. The van der Waals surface area contributed by atoms with E-state index in [-0.39, 0.29) is 17.6 Å². The Morgan fingerprint density at radius 2 is 1.74 bits per heavy atom. The van der Waals surface area contributed by atoms with Gasteiger partial charge in [-0.2, -0.15) is 0 Å². The summed E-state index contributed by atoms with van der Waals surface area (Å²) in [6, 6.07) is 6.84. The fourth-order valence-corrected chi connectivity index (χ4v) is 3.66. The van der Waals surface area contributed by atoms with E-state index in [1.807, 2.05) is 12.1 Å². The zero-order valence-electron chi connectivity index (χ0n) is 13.1. The second kappa shape index (κ2) is 6.69. The minimum absolute atomic E-state index is 0.00649. The number of halogens is 1. The van der Waals surface area contributed by atoms with E-state index in [0.717, 1.165) is 18.4 Å². The first kappa shape index (κ1) is 16.0. The number of amides is 1. The molecule has 2 aliphatic rings. The molecular formula is C18H22FNO3. The van der Waals surface area contributed by atoms with Crippen molar-refractivity contribution in [2.75, 3.05) is 13.1 Å². The second-order valence-corrected chi connectivity index (χ2v) is 6.69. The van der Waals surface area contributed by atoms with Crippen LogP contribution in [-0.4, -0.2) is 35.0 Å². The lowest BCUT2D eigenvalue weighted by Gasteiger charge is -2.39. The topological polar surface area (TPSA) is 57.6 Å². The maximum Gasteiger partial charge on any atom is 0.307 e. The van der Waals surface area contributed by atoms with Gasteiger partial charge >= 0.3 is 5.97 Å². The van der Waals surface area contributed by atoms with Gasteiger partial charge in [0.2, 0.25) is 5.91 Å². The predicted octanol–water partition coefficient (Wildman–Crippen LogP) is 2.72. The molecule has 3 rings (SSSR count). The number of carbonyl (C=O) groups is 2. The molecule has 0 radical (unpaired) electrons. The predicted molar refractivity (Wildman–Crippen MR) is 83.3 cm³/mol. The van der Waals surface area contributed by atoms with Gasteiger partial charge in [-0.3, -0.25) is 9.59 Å². The molecule has 1 saturated carbocycles. The van der Waals surface area contributed by atoms with Gasteiger partial charge in [-0.15, -0.1) is 0 Å². The van der Waals surface area contributed by atoms with Crippen LogP contribution in [0.1, 0.15) is 31.2 Å². The molecule has 0 aromatic heterocycles. The van der Waals surface area contributed by atoms with Gasteiger partial charge in [-0.25, -0.2) is 4.39 Å². The lowest BCUT2D eigenvalue weighted by molar-refractivity contribution is -0.157. The summed E-state index contributed by atoms with van der Waals surface area (Å²) in [6.07, 6.45) is 3.70. The van der Waals surface area contributed by atoms with Crippen LogP contribution in [0.2, 0.25) is 0 Å². The summed E-state index contributed by atoms with van der Waals surface area (Å²) in [7, 11) is 0. The van der Waals surface area contributed by atoms with Crippen LogP contribution >= 0.6 is 0 Å². The highest BCUT2D eigenvalue weighted by Crippen LogP contribution is 2.36. The summed E-state index contributed by atoms with van der Waals surface area (Å²) in [6.45, 7) is 1.31. The molecule has 1 aliphatic carbocycles. The first-order valence-electron chi connectivity index (χ1n) is 8.31. The number of carboxylic acid groups (broad SMARTS) is 1. The van der Waals surface area contributed by atoms with Gasteiger partial charge in [-0.1, -0.05) is 18.2 Å². The van der Waals surface area contributed by atoms with Crippen LogP contribution in [0, 0.1) is 23.6 Å². The second-order valence-electron chi connectivity index (χ2n) is 6.69. The Hall–Kier alpha value is -1.91. The number of piperidine rings is 1. The molecule has 1 aliphatic heterocycles. The minimum Gasteiger partial charge on any atom is -0.481 e. The Morgan fingerprint density at radius 1 is 1.09 bits per heavy atom. The average Bonchev–Trinajstić information content (AvgIpc) is 2.48. The van der Waals surface area contributed by atoms with Crippen molar-refractivity contribution in [3.8, 4) is 0 Å². The molecule has 5 heteroatoms. The number of carbonyl (C=O) groups excluding carboxylic acids is 1. The zero-order chi connectivity index (χ0) is 16.4. The van der Waals surface area contributed by atoms with Crippen molar-refractivity contribution in [1.29, 1.82) is 0 Å². The average molecular weight is 319 g/mol. The lowest BCUT2D eigenvalue weighted by atomic mass is 9.72. The summed E-state index contributed by atoms with van der Waals surface area (Å²) in [5.41, 5.74) is 0.738. The van der Waals surface area contributed by atoms with Crippen molar-refractivity contribution in [3.05, 3.63) is 35.6 Å². The SMILES string of the molecule is O=C(O)C1CCC1C(=O)N1CCC(Cc2ccccc2F)CC1. The lowest BCUT2D eigenvalue weighted by Crippen LogP contribution is -2.48. The molecule has 1 amide bonds. The summed E-state index contributed by atoms with van der Waals surface area (Å²) in [5.74, 6) is -1.48. The van der Waals surface area contributed by atoms with E-state index < -0.39 is 11.9 Å². The molecule has 2 fully saturated rings. The number of likely N-dealkylation sites (tertiary alicyclic amines) is 1. The molecule has 0 spiro atoms. The van der Waals surface area contributed by atoms with Gasteiger partial charge in [0, 0.05) is 13.1 Å². The Morgan fingerprint density at radius 3 is 2.30 bits per heavy atom. The maximum absolute atomic E-state index is 13.7. The maximum atomic E-state index is 13.7. The number of rotatable bonds is 4. The van der Waals surface area contributed by atoms with E-state index in [0.29, 0.717) is 38.3 Å². The third-order valence-electron chi connectivity index (χ3n) is 5.30. The highest BCUT2D eigenvalue weighted by Gasteiger charge is 2.43. The van der Waals surface area contributed by atoms with Gasteiger partial charge < -0.3 is 10.0 Å². The summed E-state index contributed by atoms with van der Waals surface area (Å²) in [4.78, 5) is 25.3. The van der Waals surface area contributed by atoms with Crippen molar-refractivity contribution in [1.82, 2.24) is 4.90 Å². The van der Waals surface area contributed by atoms with E-state index in [1.54, 1.807) is 11.0 Å². The Balaban J connectivity index is 1.51. The summed E-state index contributed by atoms with van der Waals surface area (Å²) >= 11 is 0. The number of hydrogen-bond donors (Lipinski definition) is 1. The van der Waals surface area contributed by atoms with Crippen molar-refractivity contribution in [2.45, 2.75) is 32.1 Å². The molecule has 4 nitrogen and oxygen atoms in total. The van der Waals surface area contributed by atoms with E-state index in [4.69, 9.17) is 5.11 Å². The van der Waals surface area contributed by atoms with Gasteiger partial charge in [0.25, 0.3) is 0 Å². The van der Waals surface area contributed by atoms with Crippen LogP contribution in [0.15, 0.2) is 24.3 Å². The standard InChI is InChI=1S/C18H22FNO3/c19-16-4-2-1-3-13(16)11-12-7-9-20(10-8-12)17(21)14-5-6-15(14)18(22)23/h1-4,12,14-15H,5-11H2,(H,22,23). The van der Waals surface area contributed by atoms with Crippen molar-refractivity contribution in [2.24, 2.45) is 17.8 Å².